The van der Waals surface area contributed by atoms with Crippen LogP contribution in [0.5, 0.6) is 5.75 Å². The van der Waals surface area contributed by atoms with Crippen molar-refractivity contribution in [3.8, 4) is 5.75 Å². The van der Waals surface area contributed by atoms with Crippen LogP contribution in [0.1, 0.15) is 27.7 Å². The van der Waals surface area contributed by atoms with Crippen LogP contribution in [-0.4, -0.2) is 24.2 Å². The normalized spacial score (nSPS) is 15.6. The van der Waals surface area contributed by atoms with Gasteiger partial charge >= 0.3 is 5.97 Å². The van der Waals surface area contributed by atoms with E-state index in [4.69, 9.17) is 15.2 Å². The van der Waals surface area contributed by atoms with Gasteiger partial charge in [0, 0.05) is 0 Å². The van der Waals surface area contributed by atoms with Crippen molar-refractivity contribution in [2.24, 2.45) is 11.7 Å². The van der Waals surface area contributed by atoms with Crippen molar-refractivity contribution in [3.05, 3.63) is 30.1 Å². The highest BCUT2D eigenvalue weighted by Gasteiger charge is 2.27. The first-order chi connectivity index (χ1) is 9.31. The molecule has 0 bridgehead atoms. The molecular weight excluding hydrogens is 261 g/mol. The molecule has 1 aromatic rings. The Morgan fingerprint density at radius 2 is 1.70 bits per heavy atom. The monoisotopic (exact) mass is 283 g/mol. The molecule has 0 aliphatic carbocycles. The first kappa shape index (κ1) is 16.4. The van der Waals surface area contributed by atoms with Gasteiger partial charge in [-0.3, -0.25) is 4.79 Å². The predicted octanol–water partition coefficient (Wildman–Crippen LogP) is 2.51. The van der Waals surface area contributed by atoms with Crippen molar-refractivity contribution >= 4 is 5.97 Å². The quantitative estimate of drug-likeness (QED) is 0.815. The predicted molar refractivity (Wildman–Crippen MR) is 74.9 cm³/mol. The minimum absolute atomic E-state index is 0.0770. The lowest BCUT2D eigenvalue weighted by molar-refractivity contribution is -0.157. The van der Waals surface area contributed by atoms with E-state index in [-0.39, 0.29) is 17.8 Å². The van der Waals surface area contributed by atoms with Crippen LogP contribution in [0.15, 0.2) is 24.3 Å². The van der Waals surface area contributed by atoms with E-state index >= 15 is 0 Å². The Morgan fingerprint density at radius 3 is 2.15 bits per heavy atom. The lowest BCUT2D eigenvalue weighted by Crippen LogP contribution is -2.41. The summed E-state index contributed by atoms with van der Waals surface area (Å²) >= 11 is 0. The first-order valence-electron chi connectivity index (χ1n) is 6.69. The molecule has 4 nitrogen and oxygen atoms in total. The topological polar surface area (TPSA) is 61.5 Å². The van der Waals surface area contributed by atoms with Gasteiger partial charge in [0.25, 0.3) is 0 Å². The van der Waals surface area contributed by atoms with Crippen LogP contribution in [0.25, 0.3) is 0 Å². The van der Waals surface area contributed by atoms with Crippen molar-refractivity contribution in [2.75, 3.05) is 0 Å². The summed E-state index contributed by atoms with van der Waals surface area (Å²) in [4.78, 5) is 11.6. The van der Waals surface area contributed by atoms with Crippen LogP contribution in [0.2, 0.25) is 0 Å². The number of nitrogens with two attached hydrogens (primary N) is 1. The van der Waals surface area contributed by atoms with Gasteiger partial charge < -0.3 is 15.2 Å². The van der Waals surface area contributed by atoms with Crippen molar-refractivity contribution < 1.29 is 18.7 Å². The van der Waals surface area contributed by atoms with E-state index in [1.807, 2.05) is 20.8 Å². The van der Waals surface area contributed by atoms with Crippen molar-refractivity contribution in [1.82, 2.24) is 0 Å². The van der Waals surface area contributed by atoms with E-state index < -0.39 is 18.1 Å². The van der Waals surface area contributed by atoms with Crippen LogP contribution in [0.4, 0.5) is 4.39 Å². The standard InChI is InChI=1S/C15H22FNO3/c1-9(2)14(20-15(18)10(3)17)11(4)19-13-7-5-12(16)6-8-13/h5-11,14H,17H2,1-4H3/t10-,11-,14?/m0/s1. The number of hydrogen-bond acceptors (Lipinski definition) is 4. The van der Waals surface area contributed by atoms with Crippen molar-refractivity contribution in [1.29, 1.82) is 0 Å². The molecule has 0 heterocycles. The number of hydrogen-bond donors (Lipinski definition) is 1. The summed E-state index contributed by atoms with van der Waals surface area (Å²) in [7, 11) is 0. The highest BCUT2D eigenvalue weighted by atomic mass is 19.1. The molecule has 0 aliphatic heterocycles. The third-order valence-electron chi connectivity index (χ3n) is 2.88. The smallest absolute Gasteiger partial charge is 0.323 e. The zero-order valence-electron chi connectivity index (χ0n) is 12.3. The highest BCUT2D eigenvalue weighted by Crippen LogP contribution is 2.19. The van der Waals surface area contributed by atoms with Crippen LogP contribution in [-0.2, 0) is 9.53 Å². The summed E-state index contributed by atoms with van der Waals surface area (Å²) in [6.45, 7) is 7.25. The van der Waals surface area contributed by atoms with E-state index in [2.05, 4.69) is 0 Å². The molecule has 0 aromatic heterocycles. The lowest BCUT2D eigenvalue weighted by Gasteiger charge is -2.28. The molecule has 112 valence electrons. The molecule has 0 saturated heterocycles. The highest BCUT2D eigenvalue weighted by molar-refractivity contribution is 5.75. The zero-order valence-corrected chi connectivity index (χ0v) is 12.3. The largest absolute Gasteiger partial charge is 0.487 e. The maximum Gasteiger partial charge on any atom is 0.323 e. The second-order valence-corrected chi connectivity index (χ2v) is 5.21. The summed E-state index contributed by atoms with van der Waals surface area (Å²) in [5, 5.41) is 0. The van der Waals surface area contributed by atoms with E-state index in [9.17, 15) is 9.18 Å². The van der Waals surface area contributed by atoms with E-state index in [1.54, 1.807) is 6.92 Å². The summed E-state index contributed by atoms with van der Waals surface area (Å²) in [5.74, 6) is -0.179. The Bertz CT molecular complexity index is 431. The Labute approximate surface area is 119 Å². The van der Waals surface area contributed by atoms with E-state index in [0.29, 0.717) is 5.75 Å². The summed E-state index contributed by atoms with van der Waals surface area (Å²) in [6, 6.07) is 5.04. The average Bonchev–Trinajstić information content (AvgIpc) is 2.37. The van der Waals surface area contributed by atoms with E-state index in [0.717, 1.165) is 0 Å². The number of carbonyl (C=O) groups is 1. The summed E-state index contributed by atoms with van der Waals surface area (Å²) in [6.07, 6.45) is -0.776. The van der Waals surface area contributed by atoms with Gasteiger partial charge in [-0.2, -0.15) is 0 Å². The van der Waals surface area contributed by atoms with Crippen LogP contribution >= 0.6 is 0 Å². The maximum atomic E-state index is 12.8. The van der Waals surface area contributed by atoms with E-state index in [1.165, 1.54) is 24.3 Å². The number of carbonyl (C=O) groups excluding carboxylic acids is 1. The zero-order chi connectivity index (χ0) is 15.3. The molecule has 0 spiro atoms. The Hall–Kier alpha value is -1.62. The van der Waals surface area contributed by atoms with Gasteiger partial charge in [-0.1, -0.05) is 13.8 Å². The second kappa shape index (κ2) is 7.24. The number of ether oxygens (including phenoxy) is 2. The van der Waals surface area contributed by atoms with Gasteiger partial charge in [0.15, 0.2) is 0 Å². The lowest BCUT2D eigenvalue weighted by atomic mass is 10.0. The molecule has 0 saturated carbocycles. The van der Waals surface area contributed by atoms with Crippen LogP contribution in [0.3, 0.4) is 0 Å². The van der Waals surface area contributed by atoms with Gasteiger partial charge in [0.05, 0.1) is 0 Å². The van der Waals surface area contributed by atoms with Crippen LogP contribution < -0.4 is 10.5 Å². The molecule has 0 radical (unpaired) electrons. The molecule has 5 heteroatoms. The molecule has 1 aromatic carbocycles. The van der Waals surface area contributed by atoms with Gasteiger partial charge in [-0.25, -0.2) is 4.39 Å². The minimum Gasteiger partial charge on any atom is -0.487 e. The molecule has 0 aliphatic rings. The van der Waals surface area contributed by atoms with Gasteiger partial charge in [-0.05, 0) is 44.0 Å². The van der Waals surface area contributed by atoms with Crippen LogP contribution in [0, 0.1) is 11.7 Å². The Morgan fingerprint density at radius 1 is 1.15 bits per heavy atom. The Kier molecular flexibility index (Phi) is 5.95. The molecule has 0 amide bonds. The molecule has 1 rings (SSSR count). The minimum atomic E-state index is -0.672. The Balaban J connectivity index is 2.71. The van der Waals surface area contributed by atoms with Crippen molar-refractivity contribution in [2.45, 2.75) is 45.9 Å². The summed E-state index contributed by atoms with van der Waals surface area (Å²) in [5.41, 5.74) is 5.50. The molecule has 0 fully saturated rings. The van der Waals surface area contributed by atoms with Gasteiger partial charge in [0.1, 0.15) is 29.8 Å². The number of benzene rings is 1. The first-order valence-corrected chi connectivity index (χ1v) is 6.69. The number of rotatable bonds is 6. The molecule has 3 atom stereocenters. The SMILES string of the molecule is CC(C)C(OC(=O)[C@H](C)N)[C@H](C)Oc1ccc(F)cc1. The summed E-state index contributed by atoms with van der Waals surface area (Å²) < 4.78 is 23.9. The fourth-order valence-electron chi connectivity index (χ4n) is 1.81. The van der Waals surface area contributed by atoms with Crippen molar-refractivity contribution in [3.63, 3.8) is 0 Å². The molecule has 1 unspecified atom stereocenters. The number of esters is 1. The third kappa shape index (κ3) is 4.81. The molecule has 20 heavy (non-hydrogen) atoms. The van der Waals surface area contributed by atoms with Gasteiger partial charge in [0.2, 0.25) is 0 Å². The third-order valence-corrected chi connectivity index (χ3v) is 2.88. The fourth-order valence-corrected chi connectivity index (χ4v) is 1.81. The fraction of sp³-hybridized carbons (Fsp3) is 0.533. The molecular formula is C15H22FNO3. The maximum absolute atomic E-state index is 12.8. The number of halogens is 1. The second-order valence-electron chi connectivity index (χ2n) is 5.21. The molecule has 2 N–H and O–H groups in total. The average molecular weight is 283 g/mol. The van der Waals surface area contributed by atoms with Gasteiger partial charge in [-0.15, -0.1) is 0 Å².